The van der Waals surface area contributed by atoms with E-state index in [1.165, 1.54) is 0 Å². The predicted octanol–water partition coefficient (Wildman–Crippen LogP) is 4.67. The first-order chi connectivity index (χ1) is 13.2. The predicted molar refractivity (Wildman–Crippen MR) is 103 cm³/mol. The molecule has 0 unspecified atom stereocenters. The van der Waals surface area contributed by atoms with E-state index in [9.17, 15) is 4.79 Å². The number of ether oxygens (including phenoxy) is 1. The molecule has 1 aliphatic heterocycles. The Bertz CT molecular complexity index is 901. The van der Waals surface area contributed by atoms with Crippen LogP contribution in [0.2, 0.25) is 5.02 Å². The Labute approximate surface area is 163 Å². The maximum atomic E-state index is 12.8. The number of amides is 1. The summed E-state index contributed by atoms with van der Waals surface area (Å²) in [6.07, 6.45) is 8.11. The monoisotopic (exact) mass is 381 g/mol. The van der Waals surface area contributed by atoms with Crippen molar-refractivity contribution in [2.24, 2.45) is 0 Å². The van der Waals surface area contributed by atoms with Gasteiger partial charge < -0.3 is 9.64 Å². The van der Waals surface area contributed by atoms with Gasteiger partial charge in [0.2, 0.25) is 5.69 Å². The molecule has 27 heavy (non-hydrogen) atoms. The van der Waals surface area contributed by atoms with Gasteiger partial charge in [0.05, 0.1) is 23.3 Å². The second-order valence-electron chi connectivity index (χ2n) is 7.05. The number of nitrogens with zero attached hydrogens (tertiary/aromatic N) is 3. The van der Waals surface area contributed by atoms with Crippen LogP contribution < -0.4 is 4.74 Å². The molecule has 0 atom stereocenters. The highest BCUT2D eigenvalue weighted by atomic mass is 35.5. The lowest BCUT2D eigenvalue weighted by molar-refractivity contribution is 0.0519. The van der Waals surface area contributed by atoms with Crippen LogP contribution in [0.5, 0.6) is 5.75 Å². The van der Waals surface area contributed by atoms with Crippen LogP contribution in [0.1, 0.15) is 41.6 Å². The fourth-order valence-corrected chi connectivity index (χ4v) is 4.21. The van der Waals surface area contributed by atoms with E-state index >= 15 is 0 Å². The van der Waals surface area contributed by atoms with E-state index in [0.717, 1.165) is 49.8 Å². The molecule has 6 heteroatoms. The molecule has 1 saturated carbocycles. The zero-order chi connectivity index (χ0) is 18.8. The standard InChI is InChI=1S/C21H20ClN3O2/c1-23-20-7-6-17(12-19(20)22)27-16-4-2-15(3-5-16)25-11-9-14-8-10-24-13-18(14)21(25)26/h6-8,10,12-13,15-16H,2-5,9,11H2. The molecule has 1 aromatic heterocycles. The van der Waals surface area contributed by atoms with Crippen molar-refractivity contribution in [2.75, 3.05) is 6.54 Å². The summed E-state index contributed by atoms with van der Waals surface area (Å²) >= 11 is 6.09. The second kappa shape index (κ2) is 7.58. The summed E-state index contributed by atoms with van der Waals surface area (Å²) in [5, 5.41) is 0.419. The lowest BCUT2D eigenvalue weighted by Crippen LogP contribution is -2.47. The van der Waals surface area contributed by atoms with Gasteiger partial charge in [0.25, 0.3) is 5.91 Å². The highest BCUT2D eigenvalue weighted by Crippen LogP contribution is 2.33. The van der Waals surface area contributed by atoms with Crippen molar-refractivity contribution in [3.8, 4) is 5.75 Å². The third-order valence-electron chi connectivity index (χ3n) is 5.45. The van der Waals surface area contributed by atoms with E-state index in [1.54, 1.807) is 30.6 Å². The van der Waals surface area contributed by atoms with Crippen LogP contribution in [0.25, 0.3) is 4.85 Å². The third kappa shape index (κ3) is 3.63. The summed E-state index contributed by atoms with van der Waals surface area (Å²) in [6, 6.07) is 7.40. The largest absolute Gasteiger partial charge is 0.490 e. The summed E-state index contributed by atoms with van der Waals surface area (Å²) in [4.78, 5) is 22.3. The molecule has 0 bridgehead atoms. The van der Waals surface area contributed by atoms with Crippen LogP contribution >= 0.6 is 11.6 Å². The van der Waals surface area contributed by atoms with Crippen LogP contribution in [0, 0.1) is 6.57 Å². The van der Waals surface area contributed by atoms with E-state index in [-0.39, 0.29) is 18.1 Å². The Morgan fingerprint density at radius 3 is 2.78 bits per heavy atom. The zero-order valence-electron chi connectivity index (χ0n) is 14.9. The minimum Gasteiger partial charge on any atom is -0.490 e. The third-order valence-corrected chi connectivity index (χ3v) is 5.75. The Kier molecular flexibility index (Phi) is 5.00. The minimum atomic E-state index is 0.107. The number of pyridine rings is 1. The van der Waals surface area contributed by atoms with Crippen LogP contribution in [0.3, 0.4) is 0 Å². The molecule has 4 rings (SSSR count). The van der Waals surface area contributed by atoms with Gasteiger partial charge in [-0.15, -0.1) is 0 Å². The summed E-state index contributed by atoms with van der Waals surface area (Å²) in [6.45, 7) is 7.83. The summed E-state index contributed by atoms with van der Waals surface area (Å²) in [5.41, 5.74) is 2.28. The Morgan fingerprint density at radius 2 is 2.04 bits per heavy atom. The SMILES string of the molecule is [C-]#[N+]c1ccc(OC2CCC(N3CCc4ccncc4C3=O)CC2)cc1Cl. The van der Waals surface area contributed by atoms with Crippen molar-refractivity contribution in [3.63, 3.8) is 0 Å². The molecule has 2 heterocycles. The number of rotatable bonds is 3. The van der Waals surface area contributed by atoms with E-state index in [1.807, 2.05) is 11.0 Å². The number of hydrogen-bond acceptors (Lipinski definition) is 3. The first-order valence-electron chi connectivity index (χ1n) is 9.23. The van der Waals surface area contributed by atoms with E-state index in [2.05, 4.69) is 9.83 Å². The first-order valence-corrected chi connectivity index (χ1v) is 9.61. The summed E-state index contributed by atoms with van der Waals surface area (Å²) in [5.74, 6) is 0.806. The van der Waals surface area contributed by atoms with Crippen molar-refractivity contribution in [3.05, 3.63) is 64.2 Å². The van der Waals surface area contributed by atoms with Crippen molar-refractivity contribution >= 4 is 23.2 Å². The molecule has 138 valence electrons. The molecule has 2 aliphatic rings. The van der Waals surface area contributed by atoms with Crippen LogP contribution in [0.4, 0.5) is 5.69 Å². The quantitative estimate of drug-likeness (QED) is 0.725. The molecular weight excluding hydrogens is 362 g/mol. The van der Waals surface area contributed by atoms with Crippen LogP contribution in [0.15, 0.2) is 36.7 Å². The van der Waals surface area contributed by atoms with Crippen molar-refractivity contribution in [2.45, 2.75) is 44.2 Å². The fraction of sp³-hybridized carbons (Fsp3) is 0.381. The first kappa shape index (κ1) is 17.8. The molecule has 1 aromatic carbocycles. The number of aromatic nitrogens is 1. The van der Waals surface area contributed by atoms with Gasteiger partial charge in [0.15, 0.2) is 0 Å². The Morgan fingerprint density at radius 1 is 1.22 bits per heavy atom. The number of hydrogen-bond donors (Lipinski definition) is 0. The molecule has 1 aliphatic carbocycles. The maximum Gasteiger partial charge on any atom is 0.255 e. The highest BCUT2D eigenvalue weighted by molar-refractivity contribution is 6.33. The van der Waals surface area contributed by atoms with E-state index in [4.69, 9.17) is 22.9 Å². The van der Waals surface area contributed by atoms with Crippen LogP contribution in [-0.4, -0.2) is 34.5 Å². The topological polar surface area (TPSA) is 46.8 Å². The number of benzene rings is 1. The lowest BCUT2D eigenvalue weighted by atomic mass is 9.89. The van der Waals surface area contributed by atoms with Gasteiger partial charge in [-0.2, -0.15) is 0 Å². The second-order valence-corrected chi connectivity index (χ2v) is 7.46. The van der Waals surface area contributed by atoms with Crippen molar-refractivity contribution in [1.29, 1.82) is 0 Å². The molecule has 0 radical (unpaired) electrons. The number of carbonyl (C=O) groups excluding carboxylic acids is 1. The fourth-order valence-electron chi connectivity index (χ4n) is 4.00. The highest BCUT2D eigenvalue weighted by Gasteiger charge is 2.33. The molecule has 0 N–H and O–H groups in total. The Balaban J connectivity index is 1.36. The van der Waals surface area contributed by atoms with Crippen molar-refractivity contribution < 1.29 is 9.53 Å². The molecule has 0 spiro atoms. The smallest absolute Gasteiger partial charge is 0.255 e. The van der Waals surface area contributed by atoms with E-state index in [0.29, 0.717) is 16.5 Å². The van der Waals surface area contributed by atoms with Crippen molar-refractivity contribution in [1.82, 2.24) is 9.88 Å². The number of halogens is 1. The zero-order valence-corrected chi connectivity index (χ0v) is 15.7. The summed E-state index contributed by atoms with van der Waals surface area (Å²) < 4.78 is 6.05. The number of carbonyl (C=O) groups is 1. The van der Waals surface area contributed by atoms with Gasteiger partial charge in [-0.3, -0.25) is 9.78 Å². The van der Waals surface area contributed by atoms with Crippen LogP contribution in [-0.2, 0) is 6.42 Å². The number of fused-ring (bicyclic) bond motifs is 1. The van der Waals surface area contributed by atoms with Gasteiger partial charge in [-0.25, -0.2) is 4.85 Å². The molecule has 0 saturated heterocycles. The average molecular weight is 382 g/mol. The molecule has 2 aromatic rings. The summed E-state index contributed by atoms with van der Waals surface area (Å²) in [7, 11) is 0. The van der Waals surface area contributed by atoms with Gasteiger partial charge in [-0.05, 0) is 55.9 Å². The maximum absolute atomic E-state index is 12.8. The normalized spacial score (nSPS) is 22.1. The minimum absolute atomic E-state index is 0.107. The molecular formula is C21H20ClN3O2. The van der Waals surface area contributed by atoms with Gasteiger partial charge >= 0.3 is 0 Å². The average Bonchev–Trinajstić information content (AvgIpc) is 2.69. The van der Waals surface area contributed by atoms with Gasteiger partial charge in [0.1, 0.15) is 5.75 Å². The Hall–Kier alpha value is -2.58. The molecule has 1 amide bonds. The van der Waals surface area contributed by atoms with E-state index < -0.39 is 0 Å². The molecule has 5 nitrogen and oxygen atoms in total. The van der Waals surface area contributed by atoms with Gasteiger partial charge in [0, 0.05) is 25.0 Å². The lowest BCUT2D eigenvalue weighted by Gasteiger charge is -2.39. The molecule has 1 fully saturated rings. The van der Waals surface area contributed by atoms with Gasteiger partial charge in [-0.1, -0.05) is 17.7 Å².